The van der Waals surface area contributed by atoms with E-state index in [1.807, 2.05) is 0 Å². The predicted molar refractivity (Wildman–Crippen MR) is 49.1 cm³/mol. The van der Waals surface area contributed by atoms with Crippen molar-refractivity contribution in [2.24, 2.45) is 0 Å². The van der Waals surface area contributed by atoms with Gasteiger partial charge in [-0.05, 0) is 0 Å². The van der Waals surface area contributed by atoms with Crippen LogP contribution in [0, 0.1) is 0 Å². The molecule has 0 bridgehead atoms. The molecule has 1 rings (SSSR count). The van der Waals surface area contributed by atoms with Crippen LogP contribution in [0.25, 0.3) is 0 Å². The summed E-state index contributed by atoms with van der Waals surface area (Å²) in [7, 11) is 0. The Bertz CT molecular complexity index is 277. The Balaban J connectivity index is 2.72. The van der Waals surface area contributed by atoms with Crippen LogP contribution >= 0.6 is 0 Å². The summed E-state index contributed by atoms with van der Waals surface area (Å²) < 4.78 is 14.5. The number of carbonyl (C=O) groups is 2. The van der Waals surface area contributed by atoms with E-state index in [4.69, 9.17) is 19.3 Å². The monoisotopic (exact) mass is 234 g/mol. The van der Waals surface area contributed by atoms with E-state index >= 15 is 0 Å². The number of carbonyl (C=O) groups excluding carboxylic acids is 2. The highest BCUT2D eigenvalue weighted by molar-refractivity contribution is 5.67. The molecule has 1 aliphatic rings. The maximum Gasteiger partial charge on any atom is 0.305 e. The third-order valence-electron chi connectivity index (χ3n) is 2.06. The zero-order valence-corrected chi connectivity index (χ0v) is 8.95. The molecule has 0 amide bonds. The van der Waals surface area contributed by atoms with E-state index in [0.29, 0.717) is 0 Å². The van der Waals surface area contributed by atoms with Gasteiger partial charge in [-0.1, -0.05) is 0 Å². The van der Waals surface area contributed by atoms with Gasteiger partial charge >= 0.3 is 11.9 Å². The Kier molecular flexibility index (Phi) is 4.22. The van der Waals surface area contributed by atoms with Gasteiger partial charge in [-0.2, -0.15) is 0 Å². The number of ether oxygens (including phenoxy) is 3. The topological polar surface area (TPSA) is 102 Å². The molecule has 2 unspecified atom stereocenters. The van der Waals surface area contributed by atoms with Crippen LogP contribution < -0.4 is 0 Å². The van der Waals surface area contributed by atoms with Crippen molar-refractivity contribution in [1.82, 2.24) is 0 Å². The standard InChI is InChI=1S/C9H14O7/c1-4(11)14-8-7(13)6(3-10)16-9(8)15-5(2)12/h6-10,13H,3H2,1-2H3/t6-,7?,8?,9-/m1/s1. The molecule has 0 aliphatic carbocycles. The lowest BCUT2D eigenvalue weighted by Crippen LogP contribution is -2.38. The van der Waals surface area contributed by atoms with Crippen molar-refractivity contribution >= 4 is 11.9 Å². The van der Waals surface area contributed by atoms with Crippen LogP contribution in [-0.4, -0.2) is 53.4 Å². The van der Waals surface area contributed by atoms with Crippen LogP contribution in [-0.2, 0) is 23.8 Å². The van der Waals surface area contributed by atoms with Crippen molar-refractivity contribution in [3.63, 3.8) is 0 Å². The van der Waals surface area contributed by atoms with Crippen molar-refractivity contribution in [2.75, 3.05) is 6.61 Å². The largest absolute Gasteiger partial charge is 0.453 e. The van der Waals surface area contributed by atoms with Crippen molar-refractivity contribution in [3.8, 4) is 0 Å². The first-order chi connectivity index (χ1) is 7.45. The van der Waals surface area contributed by atoms with E-state index in [1.165, 1.54) is 0 Å². The highest BCUT2D eigenvalue weighted by Gasteiger charge is 2.47. The van der Waals surface area contributed by atoms with Gasteiger partial charge in [0.1, 0.15) is 12.2 Å². The highest BCUT2D eigenvalue weighted by Crippen LogP contribution is 2.25. The number of aliphatic hydroxyl groups is 2. The normalized spacial score (nSPS) is 33.5. The van der Waals surface area contributed by atoms with E-state index in [9.17, 15) is 14.7 Å². The Morgan fingerprint density at radius 1 is 1.25 bits per heavy atom. The van der Waals surface area contributed by atoms with E-state index in [2.05, 4.69) is 0 Å². The number of aliphatic hydroxyl groups excluding tert-OH is 2. The minimum Gasteiger partial charge on any atom is -0.453 e. The van der Waals surface area contributed by atoms with Gasteiger partial charge in [0.25, 0.3) is 0 Å². The van der Waals surface area contributed by atoms with Gasteiger partial charge in [-0.15, -0.1) is 0 Å². The average Bonchev–Trinajstić information content (AvgIpc) is 2.44. The predicted octanol–water partition coefficient (Wildman–Crippen LogP) is -1.44. The summed E-state index contributed by atoms with van der Waals surface area (Å²) in [4.78, 5) is 21.5. The van der Waals surface area contributed by atoms with Gasteiger partial charge in [0.05, 0.1) is 6.61 Å². The van der Waals surface area contributed by atoms with Gasteiger partial charge in [-0.3, -0.25) is 9.59 Å². The number of rotatable bonds is 3. The average molecular weight is 234 g/mol. The van der Waals surface area contributed by atoms with Crippen molar-refractivity contribution in [1.29, 1.82) is 0 Å². The second-order valence-corrected chi connectivity index (χ2v) is 3.40. The smallest absolute Gasteiger partial charge is 0.305 e. The summed E-state index contributed by atoms with van der Waals surface area (Å²) in [6.07, 6.45) is -4.46. The van der Waals surface area contributed by atoms with Crippen molar-refractivity contribution < 1.29 is 34.0 Å². The first-order valence-corrected chi connectivity index (χ1v) is 4.74. The molecule has 0 radical (unpaired) electrons. The number of hydrogen-bond donors (Lipinski definition) is 2. The van der Waals surface area contributed by atoms with Gasteiger partial charge in [0.2, 0.25) is 6.29 Å². The Morgan fingerprint density at radius 2 is 1.81 bits per heavy atom. The summed E-state index contributed by atoms with van der Waals surface area (Å²) in [5.74, 6) is -1.27. The number of hydrogen-bond acceptors (Lipinski definition) is 7. The summed E-state index contributed by atoms with van der Waals surface area (Å²) in [6.45, 7) is 1.85. The maximum atomic E-state index is 10.8. The van der Waals surface area contributed by atoms with Crippen LogP contribution in [0.1, 0.15) is 13.8 Å². The van der Waals surface area contributed by atoms with Crippen LogP contribution in [0.4, 0.5) is 0 Å². The summed E-state index contributed by atoms with van der Waals surface area (Å²) in [5.41, 5.74) is 0. The molecule has 1 saturated heterocycles. The minimum atomic E-state index is -1.22. The quantitative estimate of drug-likeness (QED) is 0.576. The molecule has 16 heavy (non-hydrogen) atoms. The lowest BCUT2D eigenvalue weighted by atomic mass is 10.1. The van der Waals surface area contributed by atoms with Crippen molar-refractivity contribution in [3.05, 3.63) is 0 Å². The van der Waals surface area contributed by atoms with E-state index in [0.717, 1.165) is 13.8 Å². The molecular formula is C9H14O7. The fourth-order valence-electron chi connectivity index (χ4n) is 1.43. The lowest BCUT2D eigenvalue weighted by molar-refractivity contribution is -0.196. The van der Waals surface area contributed by atoms with Gasteiger partial charge in [0.15, 0.2) is 6.10 Å². The second-order valence-electron chi connectivity index (χ2n) is 3.40. The molecule has 0 aromatic rings. The summed E-state index contributed by atoms with van der Waals surface area (Å²) in [6, 6.07) is 0. The fraction of sp³-hybridized carbons (Fsp3) is 0.778. The molecule has 0 spiro atoms. The lowest BCUT2D eigenvalue weighted by Gasteiger charge is -2.19. The van der Waals surface area contributed by atoms with E-state index < -0.39 is 43.1 Å². The zero-order valence-electron chi connectivity index (χ0n) is 8.95. The number of esters is 2. The maximum absolute atomic E-state index is 10.8. The van der Waals surface area contributed by atoms with Crippen LogP contribution in [0.5, 0.6) is 0 Å². The molecule has 0 aromatic heterocycles. The molecule has 92 valence electrons. The molecular weight excluding hydrogens is 220 g/mol. The Hall–Kier alpha value is -1.18. The van der Waals surface area contributed by atoms with Gasteiger partial charge in [0, 0.05) is 13.8 Å². The summed E-state index contributed by atoms with van der Waals surface area (Å²) in [5, 5.41) is 18.5. The molecule has 7 heteroatoms. The second kappa shape index (κ2) is 5.24. The highest BCUT2D eigenvalue weighted by atomic mass is 16.7. The van der Waals surface area contributed by atoms with Crippen molar-refractivity contribution in [2.45, 2.75) is 38.4 Å². The van der Waals surface area contributed by atoms with E-state index in [1.54, 1.807) is 0 Å². The van der Waals surface area contributed by atoms with Crippen LogP contribution in [0.15, 0.2) is 0 Å². The van der Waals surface area contributed by atoms with Gasteiger partial charge in [-0.25, -0.2) is 0 Å². The fourth-order valence-corrected chi connectivity index (χ4v) is 1.43. The van der Waals surface area contributed by atoms with Crippen LogP contribution in [0.3, 0.4) is 0 Å². The van der Waals surface area contributed by atoms with Crippen LogP contribution in [0.2, 0.25) is 0 Å². The van der Waals surface area contributed by atoms with Gasteiger partial charge < -0.3 is 24.4 Å². The first kappa shape index (κ1) is 12.9. The Labute approximate surface area is 91.9 Å². The molecule has 0 saturated carbocycles. The molecule has 1 aliphatic heterocycles. The minimum absolute atomic E-state index is 0.462. The third-order valence-corrected chi connectivity index (χ3v) is 2.06. The zero-order chi connectivity index (χ0) is 12.3. The molecule has 1 heterocycles. The molecule has 2 N–H and O–H groups in total. The Morgan fingerprint density at radius 3 is 2.25 bits per heavy atom. The molecule has 4 atom stereocenters. The molecule has 0 aromatic carbocycles. The van der Waals surface area contributed by atoms with E-state index in [-0.39, 0.29) is 0 Å². The SMILES string of the molecule is CC(=O)OC1C(O)[C@@H](CO)O[C@H]1OC(C)=O. The summed E-state index contributed by atoms with van der Waals surface area (Å²) >= 11 is 0. The molecule has 1 fully saturated rings. The third kappa shape index (κ3) is 2.91. The first-order valence-electron chi connectivity index (χ1n) is 4.74. The molecule has 7 nitrogen and oxygen atoms in total.